The van der Waals surface area contributed by atoms with Gasteiger partial charge < -0.3 is 22.0 Å². The van der Waals surface area contributed by atoms with Crippen molar-refractivity contribution < 1.29 is 26.8 Å². The van der Waals surface area contributed by atoms with Gasteiger partial charge in [0.05, 0.1) is 25.2 Å². The zero-order chi connectivity index (χ0) is 23.4. The molecule has 0 aromatic heterocycles. The van der Waals surface area contributed by atoms with Crippen LogP contribution in [0, 0.1) is 0 Å². The lowest BCUT2D eigenvalue weighted by Crippen LogP contribution is -3.00. The fourth-order valence-electron chi connectivity index (χ4n) is 3.77. The lowest BCUT2D eigenvalue weighted by atomic mass is 9.97. The third kappa shape index (κ3) is 13.5. The molecule has 0 radical (unpaired) electrons. The Kier molecular flexibility index (Phi) is 27.4. The average Bonchev–Trinajstić information content (AvgIpc) is 2.82. The van der Waals surface area contributed by atoms with Crippen molar-refractivity contribution in [2.24, 2.45) is 0 Å². The summed E-state index contributed by atoms with van der Waals surface area (Å²) in [6, 6.07) is 16.4. The van der Waals surface area contributed by atoms with Gasteiger partial charge in [-0.15, -0.1) is 0 Å². The highest BCUT2D eigenvalue weighted by Gasteiger charge is 2.21. The Hall–Kier alpha value is -1.84. The molecule has 2 atom stereocenters. The first-order valence-electron chi connectivity index (χ1n) is 12.0. The van der Waals surface area contributed by atoms with E-state index in [0.717, 1.165) is 6.42 Å². The lowest BCUT2D eigenvalue weighted by molar-refractivity contribution is -0.936. The standard InChI is InChI=1S/C17H30N.C11H14O2.4CH4.ClH/c1-6-15(5)17-12-10-16(11-13-17)14-18(7-2,8-3)9-4;1-3-8(2)9-4-6-10(7-5-9)11(12)13;;;;;/h10-13,15H,6-9,14H2,1-5H3;4-8H,3H2,1-2H3,(H,12,13);4*1H4;1H/q+1;;;;;;/p-1. The largest absolute Gasteiger partial charge is 1.00 e. The first-order valence-corrected chi connectivity index (χ1v) is 12.0. The van der Waals surface area contributed by atoms with E-state index in [1.165, 1.54) is 53.8 Å². The molecule has 0 aliphatic heterocycles. The van der Waals surface area contributed by atoms with Crippen molar-refractivity contribution in [1.29, 1.82) is 0 Å². The summed E-state index contributed by atoms with van der Waals surface area (Å²) < 4.78 is 1.20. The summed E-state index contributed by atoms with van der Waals surface area (Å²) in [4.78, 5) is 10.6. The molecule has 212 valence electrons. The van der Waals surface area contributed by atoms with Gasteiger partial charge in [-0.1, -0.05) is 93.8 Å². The van der Waals surface area contributed by atoms with Crippen LogP contribution in [0.3, 0.4) is 0 Å². The van der Waals surface area contributed by atoms with Gasteiger partial charge in [-0.2, -0.15) is 0 Å². The highest BCUT2D eigenvalue weighted by Crippen LogP contribution is 2.21. The van der Waals surface area contributed by atoms with Gasteiger partial charge in [0.25, 0.3) is 0 Å². The Morgan fingerprint density at radius 1 is 0.694 bits per heavy atom. The molecule has 36 heavy (non-hydrogen) atoms. The van der Waals surface area contributed by atoms with Gasteiger partial charge in [-0.25, -0.2) is 4.79 Å². The zero-order valence-corrected chi connectivity index (χ0v) is 22.0. The van der Waals surface area contributed by atoms with Crippen LogP contribution in [0.1, 0.15) is 130 Å². The maximum Gasteiger partial charge on any atom is 0.335 e. The molecular weight excluding hydrogens is 466 g/mol. The Morgan fingerprint density at radius 2 is 1.03 bits per heavy atom. The minimum atomic E-state index is -0.865. The third-order valence-electron chi connectivity index (χ3n) is 7.03. The summed E-state index contributed by atoms with van der Waals surface area (Å²) in [5, 5.41) is 8.67. The molecule has 3 nitrogen and oxygen atoms in total. The highest BCUT2D eigenvalue weighted by molar-refractivity contribution is 5.87. The van der Waals surface area contributed by atoms with Gasteiger partial charge >= 0.3 is 5.97 Å². The molecule has 0 amide bonds. The molecule has 0 spiro atoms. The van der Waals surface area contributed by atoms with Gasteiger partial charge in [-0.05, 0) is 68.7 Å². The third-order valence-corrected chi connectivity index (χ3v) is 7.03. The maximum atomic E-state index is 10.6. The van der Waals surface area contributed by atoms with E-state index in [1.54, 1.807) is 12.1 Å². The van der Waals surface area contributed by atoms with Gasteiger partial charge in [0.2, 0.25) is 0 Å². The van der Waals surface area contributed by atoms with Crippen LogP contribution in [0.25, 0.3) is 0 Å². The minimum Gasteiger partial charge on any atom is -1.00 e. The average molecular weight is 526 g/mol. The summed E-state index contributed by atoms with van der Waals surface area (Å²) in [5.41, 5.74) is 4.51. The molecule has 0 heterocycles. The Labute approximate surface area is 232 Å². The van der Waals surface area contributed by atoms with Crippen molar-refractivity contribution in [2.45, 2.75) is 109 Å². The van der Waals surface area contributed by atoms with Crippen LogP contribution < -0.4 is 12.4 Å². The number of nitrogens with zero attached hydrogens (tertiary/aromatic N) is 1. The monoisotopic (exact) mass is 525 g/mol. The smallest absolute Gasteiger partial charge is 0.335 e. The van der Waals surface area contributed by atoms with Crippen LogP contribution in [0.15, 0.2) is 48.5 Å². The van der Waals surface area contributed by atoms with Crippen LogP contribution in [-0.4, -0.2) is 35.2 Å². The quantitative estimate of drug-likeness (QED) is 0.338. The summed E-state index contributed by atoms with van der Waals surface area (Å²) >= 11 is 0. The highest BCUT2D eigenvalue weighted by atomic mass is 35.5. The predicted octanol–water partition coefficient (Wildman–Crippen LogP) is 7.02. The molecule has 2 rings (SSSR count). The molecule has 1 N–H and O–H groups in total. The van der Waals surface area contributed by atoms with Crippen LogP contribution in [-0.2, 0) is 6.54 Å². The Morgan fingerprint density at radius 3 is 1.31 bits per heavy atom. The van der Waals surface area contributed by atoms with Gasteiger partial charge in [0.15, 0.2) is 0 Å². The van der Waals surface area contributed by atoms with Gasteiger partial charge in [0, 0.05) is 5.56 Å². The zero-order valence-electron chi connectivity index (χ0n) is 21.2. The van der Waals surface area contributed by atoms with Crippen molar-refractivity contribution >= 4 is 5.97 Å². The van der Waals surface area contributed by atoms with E-state index in [-0.39, 0.29) is 42.1 Å². The summed E-state index contributed by atoms with van der Waals surface area (Å²) in [5.74, 6) is 0.320. The number of carbonyl (C=O) groups is 1. The van der Waals surface area contributed by atoms with Crippen LogP contribution in [0.4, 0.5) is 0 Å². The number of hydrogen-bond acceptors (Lipinski definition) is 1. The molecule has 0 saturated carbocycles. The van der Waals surface area contributed by atoms with E-state index in [9.17, 15) is 4.79 Å². The first kappa shape index (κ1) is 44.2. The molecule has 2 aromatic rings. The van der Waals surface area contributed by atoms with E-state index in [4.69, 9.17) is 5.11 Å². The molecule has 4 heteroatoms. The van der Waals surface area contributed by atoms with Crippen molar-refractivity contribution in [1.82, 2.24) is 0 Å². The molecule has 0 aliphatic carbocycles. The number of hydrogen-bond donors (Lipinski definition) is 1. The number of benzene rings is 2. The molecule has 0 saturated heterocycles. The first-order chi connectivity index (χ1) is 14.7. The summed E-state index contributed by atoms with van der Waals surface area (Å²) in [6.07, 6.45) is 2.30. The van der Waals surface area contributed by atoms with Crippen LogP contribution >= 0.6 is 0 Å². The van der Waals surface area contributed by atoms with Crippen molar-refractivity contribution in [3.05, 3.63) is 70.8 Å². The molecule has 2 unspecified atom stereocenters. The fraction of sp³-hybridized carbons (Fsp3) is 0.594. The minimum absolute atomic E-state index is 0. The summed E-state index contributed by atoms with van der Waals surface area (Å²) in [6.45, 7) is 20.6. The maximum absolute atomic E-state index is 10.6. The number of carboxylic acid groups (broad SMARTS) is 1. The van der Waals surface area contributed by atoms with E-state index >= 15 is 0 Å². The number of halogens is 1. The van der Waals surface area contributed by atoms with E-state index < -0.39 is 5.97 Å². The van der Waals surface area contributed by atoms with Crippen LogP contribution in [0.5, 0.6) is 0 Å². The molecule has 0 fully saturated rings. The molecule has 0 bridgehead atoms. The molecular formula is C32H60ClNO2. The predicted molar refractivity (Wildman–Crippen MR) is 160 cm³/mol. The number of carboxylic acids is 1. The van der Waals surface area contributed by atoms with Crippen molar-refractivity contribution in [3.8, 4) is 0 Å². The Bertz CT molecular complexity index is 759. The van der Waals surface area contributed by atoms with Crippen LogP contribution in [0.2, 0.25) is 0 Å². The Balaban J connectivity index is -0.000000162. The van der Waals surface area contributed by atoms with Gasteiger partial charge in [-0.3, -0.25) is 0 Å². The second-order valence-electron chi connectivity index (χ2n) is 8.74. The lowest BCUT2D eigenvalue weighted by Gasteiger charge is -2.36. The number of rotatable bonds is 10. The second-order valence-corrected chi connectivity index (χ2v) is 8.74. The topological polar surface area (TPSA) is 37.3 Å². The molecule has 0 aliphatic rings. The fourth-order valence-corrected chi connectivity index (χ4v) is 3.77. The number of aromatic carboxylic acids is 1. The molecule has 2 aromatic carbocycles. The second kappa shape index (κ2) is 22.4. The summed E-state index contributed by atoms with van der Waals surface area (Å²) in [7, 11) is 0. The van der Waals surface area contributed by atoms with Gasteiger partial charge in [0.1, 0.15) is 6.54 Å². The van der Waals surface area contributed by atoms with E-state index in [2.05, 4.69) is 72.7 Å². The van der Waals surface area contributed by atoms with Crippen molar-refractivity contribution in [2.75, 3.05) is 19.6 Å². The number of quaternary nitrogens is 1. The van der Waals surface area contributed by atoms with E-state index in [1.807, 2.05) is 12.1 Å². The van der Waals surface area contributed by atoms with E-state index in [0.29, 0.717) is 17.4 Å². The van der Waals surface area contributed by atoms with Crippen molar-refractivity contribution in [3.63, 3.8) is 0 Å². The normalized spacial score (nSPS) is 11.3. The SMILES string of the molecule is C.C.C.C.CCC(C)c1ccc(C(=O)O)cc1.CCC(C)c1ccc(C[N+](CC)(CC)CC)cc1.[Cl-].